The Balaban J connectivity index is 2.18. The summed E-state index contributed by atoms with van der Waals surface area (Å²) in [4.78, 5) is 12.1. The summed E-state index contributed by atoms with van der Waals surface area (Å²) >= 11 is 11.1. The third-order valence-corrected chi connectivity index (χ3v) is 3.55. The molecule has 0 fully saturated rings. The molecule has 0 unspecified atom stereocenters. The van der Waals surface area contributed by atoms with Crippen LogP contribution in [-0.2, 0) is 16.1 Å². The summed E-state index contributed by atoms with van der Waals surface area (Å²) in [5.74, 6) is 0.438. The van der Waals surface area contributed by atoms with Gasteiger partial charge in [-0.2, -0.15) is 5.10 Å². The largest absolute Gasteiger partial charge is 0.383 e. The number of carbonyl (C=O) groups excluding carboxylic acids is 1. The molecule has 2 rings (SSSR count). The SMILES string of the molecule is COC[C@H](C)NC(=O)Cn1c(-c2ccc(Cl)cc2)n[nH]c1=S. The molecule has 0 radical (unpaired) electrons. The van der Waals surface area contributed by atoms with Crippen LogP contribution in [0.25, 0.3) is 11.4 Å². The molecule has 2 N–H and O–H groups in total. The predicted molar refractivity (Wildman–Crippen MR) is 87.3 cm³/mol. The molecule has 0 bridgehead atoms. The van der Waals surface area contributed by atoms with Crippen molar-refractivity contribution in [2.75, 3.05) is 13.7 Å². The van der Waals surface area contributed by atoms with Crippen LogP contribution in [0.1, 0.15) is 6.92 Å². The van der Waals surface area contributed by atoms with E-state index in [1.165, 1.54) is 0 Å². The molecular weight excluding hydrogens is 324 g/mol. The van der Waals surface area contributed by atoms with E-state index < -0.39 is 0 Å². The summed E-state index contributed by atoms with van der Waals surface area (Å²) in [5, 5.41) is 10.4. The van der Waals surface area contributed by atoms with E-state index in [0.29, 0.717) is 22.2 Å². The van der Waals surface area contributed by atoms with Crippen molar-refractivity contribution >= 4 is 29.7 Å². The van der Waals surface area contributed by atoms with Gasteiger partial charge in [0.25, 0.3) is 0 Å². The van der Waals surface area contributed by atoms with Crippen molar-refractivity contribution in [3.8, 4) is 11.4 Å². The molecule has 1 aromatic carbocycles. The number of aromatic amines is 1. The Morgan fingerprint density at radius 3 is 2.82 bits per heavy atom. The number of benzene rings is 1. The highest BCUT2D eigenvalue weighted by Gasteiger charge is 2.13. The third-order valence-electron chi connectivity index (χ3n) is 2.99. The van der Waals surface area contributed by atoms with Crippen LogP contribution in [0.2, 0.25) is 5.02 Å². The minimum atomic E-state index is -0.155. The second-order valence-electron chi connectivity index (χ2n) is 4.87. The Morgan fingerprint density at radius 2 is 2.18 bits per heavy atom. The summed E-state index contributed by atoms with van der Waals surface area (Å²) < 4.78 is 7.03. The molecule has 0 spiro atoms. The van der Waals surface area contributed by atoms with E-state index in [1.807, 2.05) is 19.1 Å². The summed E-state index contributed by atoms with van der Waals surface area (Å²) in [6.07, 6.45) is 0. The first-order chi connectivity index (χ1) is 10.5. The summed E-state index contributed by atoms with van der Waals surface area (Å²) in [5.41, 5.74) is 0.828. The summed E-state index contributed by atoms with van der Waals surface area (Å²) in [7, 11) is 1.59. The molecular formula is C14H17ClN4O2S. The van der Waals surface area contributed by atoms with Crippen LogP contribution < -0.4 is 5.32 Å². The number of H-pyrrole nitrogens is 1. The van der Waals surface area contributed by atoms with E-state index in [2.05, 4.69) is 15.5 Å². The van der Waals surface area contributed by atoms with E-state index in [0.717, 1.165) is 5.56 Å². The Hall–Kier alpha value is -1.70. The van der Waals surface area contributed by atoms with Gasteiger partial charge in [0.2, 0.25) is 5.91 Å². The Morgan fingerprint density at radius 1 is 1.50 bits per heavy atom. The molecule has 0 aliphatic heterocycles. The van der Waals surface area contributed by atoms with E-state index >= 15 is 0 Å². The van der Waals surface area contributed by atoms with E-state index in [9.17, 15) is 4.79 Å². The van der Waals surface area contributed by atoms with Gasteiger partial charge in [-0.15, -0.1) is 0 Å². The van der Waals surface area contributed by atoms with Crippen molar-refractivity contribution in [1.82, 2.24) is 20.1 Å². The molecule has 1 aromatic heterocycles. The number of carbonyl (C=O) groups is 1. The number of amides is 1. The smallest absolute Gasteiger partial charge is 0.240 e. The molecule has 0 saturated heterocycles. The van der Waals surface area contributed by atoms with Crippen LogP contribution in [0.15, 0.2) is 24.3 Å². The molecule has 22 heavy (non-hydrogen) atoms. The molecule has 6 nitrogen and oxygen atoms in total. The van der Waals surface area contributed by atoms with Crippen LogP contribution >= 0.6 is 23.8 Å². The van der Waals surface area contributed by atoms with Crippen LogP contribution in [-0.4, -0.2) is 40.4 Å². The Bertz CT molecular complexity index is 696. The lowest BCUT2D eigenvalue weighted by Crippen LogP contribution is -2.37. The highest BCUT2D eigenvalue weighted by Crippen LogP contribution is 2.19. The first-order valence-corrected chi connectivity index (χ1v) is 7.49. The maximum absolute atomic E-state index is 12.1. The number of halogens is 1. The zero-order valence-corrected chi connectivity index (χ0v) is 13.9. The van der Waals surface area contributed by atoms with Gasteiger partial charge in [0.05, 0.1) is 6.61 Å². The average molecular weight is 341 g/mol. The molecule has 1 amide bonds. The number of ether oxygens (including phenoxy) is 1. The zero-order valence-electron chi connectivity index (χ0n) is 12.3. The molecule has 0 aliphatic rings. The number of hydrogen-bond donors (Lipinski definition) is 2. The summed E-state index contributed by atoms with van der Waals surface area (Å²) in [6.45, 7) is 2.41. The fourth-order valence-electron chi connectivity index (χ4n) is 2.04. The molecule has 1 heterocycles. The van der Waals surface area contributed by atoms with Crippen molar-refractivity contribution in [1.29, 1.82) is 0 Å². The maximum Gasteiger partial charge on any atom is 0.240 e. The lowest BCUT2D eigenvalue weighted by Gasteiger charge is -2.13. The molecule has 0 aliphatic carbocycles. The van der Waals surface area contributed by atoms with Gasteiger partial charge in [-0.3, -0.25) is 14.5 Å². The van der Waals surface area contributed by atoms with Gasteiger partial charge in [0, 0.05) is 23.7 Å². The Labute approximate surface area is 138 Å². The van der Waals surface area contributed by atoms with Gasteiger partial charge < -0.3 is 10.1 Å². The molecule has 1 atom stereocenters. The predicted octanol–water partition coefficient (Wildman–Crippen LogP) is 2.41. The topological polar surface area (TPSA) is 71.9 Å². The van der Waals surface area contributed by atoms with Gasteiger partial charge in [0.15, 0.2) is 10.6 Å². The molecule has 118 valence electrons. The van der Waals surface area contributed by atoms with E-state index in [4.69, 9.17) is 28.6 Å². The lowest BCUT2D eigenvalue weighted by atomic mass is 10.2. The number of aromatic nitrogens is 3. The highest BCUT2D eigenvalue weighted by atomic mass is 35.5. The quantitative estimate of drug-likeness (QED) is 0.792. The van der Waals surface area contributed by atoms with Crippen molar-refractivity contribution in [2.45, 2.75) is 19.5 Å². The van der Waals surface area contributed by atoms with Crippen molar-refractivity contribution < 1.29 is 9.53 Å². The fraction of sp³-hybridized carbons (Fsp3) is 0.357. The zero-order chi connectivity index (χ0) is 16.1. The summed E-state index contributed by atoms with van der Waals surface area (Å²) in [6, 6.07) is 7.11. The second-order valence-corrected chi connectivity index (χ2v) is 5.69. The van der Waals surface area contributed by atoms with E-state index in [-0.39, 0.29) is 18.5 Å². The number of rotatable bonds is 6. The van der Waals surface area contributed by atoms with Crippen LogP contribution in [0.3, 0.4) is 0 Å². The minimum absolute atomic E-state index is 0.0717. The standard InChI is InChI=1S/C14H17ClN4O2S/c1-9(8-21-2)16-12(20)7-19-13(17-18-14(19)22)10-3-5-11(15)6-4-10/h3-6,9H,7-8H2,1-2H3,(H,16,20)(H,18,22)/t9-/m0/s1. The molecule has 0 saturated carbocycles. The number of nitrogens with zero attached hydrogens (tertiary/aromatic N) is 2. The first-order valence-electron chi connectivity index (χ1n) is 6.70. The lowest BCUT2D eigenvalue weighted by molar-refractivity contribution is -0.122. The van der Waals surface area contributed by atoms with Crippen LogP contribution in [0, 0.1) is 4.77 Å². The van der Waals surface area contributed by atoms with Crippen LogP contribution in [0.5, 0.6) is 0 Å². The third kappa shape index (κ3) is 4.16. The highest BCUT2D eigenvalue weighted by molar-refractivity contribution is 7.71. The van der Waals surface area contributed by atoms with Gasteiger partial charge in [-0.05, 0) is 43.4 Å². The maximum atomic E-state index is 12.1. The minimum Gasteiger partial charge on any atom is -0.383 e. The number of methoxy groups -OCH3 is 1. The van der Waals surface area contributed by atoms with Crippen molar-refractivity contribution in [3.63, 3.8) is 0 Å². The molecule has 8 heteroatoms. The number of nitrogens with one attached hydrogen (secondary N) is 2. The first kappa shape index (κ1) is 16.7. The van der Waals surface area contributed by atoms with Crippen molar-refractivity contribution in [2.24, 2.45) is 0 Å². The average Bonchev–Trinajstić information content (AvgIpc) is 2.81. The number of hydrogen-bond acceptors (Lipinski definition) is 4. The second kappa shape index (κ2) is 7.53. The van der Waals surface area contributed by atoms with Gasteiger partial charge in [-0.1, -0.05) is 11.6 Å². The van der Waals surface area contributed by atoms with Gasteiger partial charge in [0.1, 0.15) is 6.54 Å². The molecule has 2 aromatic rings. The fourth-order valence-corrected chi connectivity index (χ4v) is 2.36. The monoisotopic (exact) mass is 340 g/mol. The van der Waals surface area contributed by atoms with E-state index in [1.54, 1.807) is 23.8 Å². The van der Waals surface area contributed by atoms with Crippen molar-refractivity contribution in [3.05, 3.63) is 34.1 Å². The van der Waals surface area contributed by atoms with Gasteiger partial charge >= 0.3 is 0 Å². The van der Waals surface area contributed by atoms with Crippen LogP contribution in [0.4, 0.5) is 0 Å². The Kier molecular flexibility index (Phi) is 5.70. The normalized spacial score (nSPS) is 12.1. The van der Waals surface area contributed by atoms with Gasteiger partial charge in [-0.25, -0.2) is 0 Å².